The standard InChI is InChI=1S/C14H19NO3/c1-4-18-14(17)13(16)12-7-5-11(6-8-12)9-10-15(2)3/h5-8H,4,9-10H2,1-3H3. The van der Waals surface area contributed by atoms with Crippen LogP contribution in [0.2, 0.25) is 0 Å². The van der Waals surface area contributed by atoms with Gasteiger partial charge in [0.25, 0.3) is 5.78 Å². The molecule has 0 atom stereocenters. The van der Waals surface area contributed by atoms with Crippen LogP contribution in [0.25, 0.3) is 0 Å². The maximum atomic E-state index is 11.6. The Balaban J connectivity index is 2.65. The van der Waals surface area contributed by atoms with Gasteiger partial charge in [0.15, 0.2) is 0 Å². The van der Waals surface area contributed by atoms with Crippen LogP contribution in [-0.2, 0) is 16.0 Å². The van der Waals surface area contributed by atoms with Gasteiger partial charge < -0.3 is 9.64 Å². The summed E-state index contributed by atoms with van der Waals surface area (Å²) in [5.74, 6) is -1.38. The lowest BCUT2D eigenvalue weighted by atomic mass is 10.1. The highest BCUT2D eigenvalue weighted by Crippen LogP contribution is 2.07. The van der Waals surface area contributed by atoms with Crippen LogP contribution in [0.15, 0.2) is 24.3 Å². The minimum Gasteiger partial charge on any atom is -0.460 e. The van der Waals surface area contributed by atoms with Gasteiger partial charge in [-0.1, -0.05) is 24.3 Å². The van der Waals surface area contributed by atoms with Crippen molar-refractivity contribution in [3.8, 4) is 0 Å². The van der Waals surface area contributed by atoms with Crippen molar-refractivity contribution in [2.24, 2.45) is 0 Å². The van der Waals surface area contributed by atoms with Crippen LogP contribution in [0.4, 0.5) is 0 Å². The summed E-state index contributed by atoms with van der Waals surface area (Å²) in [7, 11) is 4.03. The molecule has 1 aromatic carbocycles. The zero-order valence-corrected chi connectivity index (χ0v) is 11.1. The van der Waals surface area contributed by atoms with Crippen molar-refractivity contribution in [1.82, 2.24) is 4.90 Å². The molecule has 4 nitrogen and oxygen atoms in total. The highest BCUT2D eigenvalue weighted by atomic mass is 16.5. The van der Waals surface area contributed by atoms with E-state index in [0.717, 1.165) is 18.5 Å². The van der Waals surface area contributed by atoms with Crippen LogP contribution in [0.1, 0.15) is 22.8 Å². The van der Waals surface area contributed by atoms with Crippen molar-refractivity contribution in [3.05, 3.63) is 35.4 Å². The molecule has 0 aliphatic heterocycles. The molecular weight excluding hydrogens is 230 g/mol. The first-order valence-electron chi connectivity index (χ1n) is 5.99. The number of hydrogen-bond donors (Lipinski definition) is 0. The average Bonchev–Trinajstić information content (AvgIpc) is 2.36. The third kappa shape index (κ3) is 4.30. The molecule has 1 aromatic rings. The van der Waals surface area contributed by atoms with Crippen LogP contribution in [-0.4, -0.2) is 43.9 Å². The molecule has 4 heteroatoms. The first-order chi connectivity index (χ1) is 8.54. The third-order valence-electron chi connectivity index (χ3n) is 2.52. The Morgan fingerprint density at radius 3 is 2.28 bits per heavy atom. The monoisotopic (exact) mass is 249 g/mol. The van der Waals surface area contributed by atoms with Gasteiger partial charge in [0.05, 0.1) is 6.61 Å². The Hall–Kier alpha value is -1.68. The number of ketones is 1. The van der Waals surface area contributed by atoms with Crippen molar-refractivity contribution >= 4 is 11.8 Å². The van der Waals surface area contributed by atoms with Crippen molar-refractivity contribution in [3.63, 3.8) is 0 Å². The van der Waals surface area contributed by atoms with E-state index in [4.69, 9.17) is 0 Å². The smallest absolute Gasteiger partial charge is 0.379 e. The molecule has 0 aliphatic carbocycles. The van der Waals surface area contributed by atoms with Gasteiger partial charge in [-0.25, -0.2) is 4.79 Å². The number of carbonyl (C=O) groups excluding carboxylic acids is 2. The van der Waals surface area contributed by atoms with Crippen LogP contribution < -0.4 is 0 Å². The van der Waals surface area contributed by atoms with Gasteiger partial charge in [0.2, 0.25) is 0 Å². The SMILES string of the molecule is CCOC(=O)C(=O)c1ccc(CCN(C)C)cc1. The van der Waals surface area contributed by atoms with E-state index in [1.54, 1.807) is 19.1 Å². The van der Waals surface area contributed by atoms with E-state index in [2.05, 4.69) is 9.64 Å². The molecule has 0 bridgehead atoms. The lowest BCUT2D eigenvalue weighted by Crippen LogP contribution is -2.17. The van der Waals surface area contributed by atoms with Gasteiger partial charge in [0, 0.05) is 12.1 Å². The highest BCUT2D eigenvalue weighted by Gasteiger charge is 2.16. The number of hydrogen-bond acceptors (Lipinski definition) is 4. The molecule has 0 spiro atoms. The zero-order valence-electron chi connectivity index (χ0n) is 11.1. The molecule has 0 N–H and O–H groups in total. The molecule has 0 saturated carbocycles. The van der Waals surface area contributed by atoms with E-state index in [-0.39, 0.29) is 6.61 Å². The van der Waals surface area contributed by atoms with Crippen LogP contribution in [0.5, 0.6) is 0 Å². The van der Waals surface area contributed by atoms with E-state index in [1.807, 2.05) is 26.2 Å². The van der Waals surface area contributed by atoms with Gasteiger partial charge in [-0.2, -0.15) is 0 Å². The van der Waals surface area contributed by atoms with Gasteiger partial charge in [-0.15, -0.1) is 0 Å². The topological polar surface area (TPSA) is 46.6 Å². The number of nitrogens with zero attached hydrogens (tertiary/aromatic N) is 1. The summed E-state index contributed by atoms with van der Waals surface area (Å²) in [5, 5.41) is 0. The second-order valence-corrected chi connectivity index (χ2v) is 4.30. The van der Waals surface area contributed by atoms with Crippen LogP contribution >= 0.6 is 0 Å². The number of esters is 1. The van der Waals surface area contributed by atoms with E-state index in [0.29, 0.717) is 5.56 Å². The van der Waals surface area contributed by atoms with Crippen molar-refractivity contribution in [1.29, 1.82) is 0 Å². The summed E-state index contributed by atoms with van der Waals surface area (Å²) >= 11 is 0. The van der Waals surface area contributed by atoms with E-state index in [1.165, 1.54) is 0 Å². The summed E-state index contributed by atoms with van der Waals surface area (Å²) in [4.78, 5) is 25.0. The number of carbonyl (C=O) groups is 2. The Morgan fingerprint density at radius 2 is 1.78 bits per heavy atom. The Labute approximate surface area is 108 Å². The van der Waals surface area contributed by atoms with E-state index < -0.39 is 11.8 Å². The fourth-order valence-electron chi connectivity index (χ4n) is 1.49. The molecule has 0 aromatic heterocycles. The molecule has 0 amide bonds. The van der Waals surface area contributed by atoms with Gasteiger partial charge in [-0.3, -0.25) is 4.79 Å². The lowest BCUT2D eigenvalue weighted by molar-refractivity contribution is -0.137. The van der Waals surface area contributed by atoms with Crippen LogP contribution in [0, 0.1) is 0 Å². The minimum absolute atomic E-state index is 0.214. The quantitative estimate of drug-likeness (QED) is 0.436. The second kappa shape index (κ2) is 6.91. The molecular formula is C14H19NO3. The largest absolute Gasteiger partial charge is 0.460 e. The number of benzene rings is 1. The number of likely N-dealkylation sites (N-methyl/N-ethyl adjacent to an activating group) is 1. The van der Waals surface area contributed by atoms with Gasteiger partial charge >= 0.3 is 5.97 Å². The van der Waals surface area contributed by atoms with E-state index >= 15 is 0 Å². The summed E-state index contributed by atoms with van der Waals surface area (Å²) < 4.78 is 4.67. The Morgan fingerprint density at radius 1 is 1.17 bits per heavy atom. The van der Waals surface area contributed by atoms with Crippen molar-refractivity contribution < 1.29 is 14.3 Å². The molecule has 0 aliphatic rings. The number of ether oxygens (including phenoxy) is 1. The van der Waals surface area contributed by atoms with E-state index in [9.17, 15) is 9.59 Å². The average molecular weight is 249 g/mol. The molecule has 0 saturated heterocycles. The molecule has 0 unspecified atom stereocenters. The number of Topliss-reactive ketones (excluding diaryl/α,β-unsaturated/α-hetero) is 1. The summed E-state index contributed by atoms with van der Waals surface area (Å²) in [6, 6.07) is 7.08. The van der Waals surface area contributed by atoms with Gasteiger partial charge in [-0.05, 0) is 33.0 Å². The molecule has 0 heterocycles. The lowest BCUT2D eigenvalue weighted by Gasteiger charge is -2.09. The maximum Gasteiger partial charge on any atom is 0.379 e. The highest BCUT2D eigenvalue weighted by molar-refractivity contribution is 6.40. The molecule has 98 valence electrons. The normalized spacial score (nSPS) is 10.4. The number of rotatable bonds is 6. The second-order valence-electron chi connectivity index (χ2n) is 4.30. The van der Waals surface area contributed by atoms with Crippen LogP contribution in [0.3, 0.4) is 0 Å². The predicted octanol–water partition coefficient (Wildman–Crippen LogP) is 1.54. The summed E-state index contributed by atoms with van der Waals surface area (Å²) in [6.07, 6.45) is 0.918. The molecule has 18 heavy (non-hydrogen) atoms. The summed E-state index contributed by atoms with van der Waals surface area (Å²) in [6.45, 7) is 2.84. The third-order valence-corrected chi connectivity index (χ3v) is 2.52. The first kappa shape index (κ1) is 14.4. The Kier molecular flexibility index (Phi) is 5.52. The zero-order chi connectivity index (χ0) is 13.5. The van der Waals surface area contributed by atoms with Gasteiger partial charge in [0.1, 0.15) is 0 Å². The maximum absolute atomic E-state index is 11.6. The predicted molar refractivity (Wildman–Crippen MR) is 69.7 cm³/mol. The molecule has 1 rings (SSSR count). The fourth-order valence-corrected chi connectivity index (χ4v) is 1.49. The Bertz CT molecular complexity index is 410. The molecule has 0 fully saturated rings. The fraction of sp³-hybridized carbons (Fsp3) is 0.429. The summed E-state index contributed by atoms with van der Waals surface area (Å²) in [5.41, 5.74) is 1.52. The molecule has 0 radical (unpaired) electrons. The first-order valence-corrected chi connectivity index (χ1v) is 5.99. The van der Waals surface area contributed by atoms with Crippen molar-refractivity contribution in [2.75, 3.05) is 27.2 Å². The van der Waals surface area contributed by atoms with Crippen molar-refractivity contribution in [2.45, 2.75) is 13.3 Å². The minimum atomic E-state index is -0.793.